The lowest BCUT2D eigenvalue weighted by molar-refractivity contribution is 0.614. The van der Waals surface area contributed by atoms with Crippen molar-refractivity contribution in [3.8, 4) is 0 Å². The normalized spacial score (nSPS) is 10.3. The van der Waals surface area contributed by atoms with Crippen LogP contribution >= 0.6 is 11.6 Å². The molecular formula is C9H11ClFN. The van der Waals surface area contributed by atoms with Crippen LogP contribution in [0.2, 0.25) is 5.02 Å². The minimum absolute atomic E-state index is 0.243. The fourth-order valence-corrected chi connectivity index (χ4v) is 1.23. The molecule has 0 aromatic heterocycles. The second-order valence-electron chi connectivity index (χ2n) is 2.71. The minimum Gasteiger partial charge on any atom is -0.316 e. The smallest absolute Gasteiger partial charge is 0.127 e. The van der Waals surface area contributed by atoms with Crippen LogP contribution in [0.4, 0.5) is 4.39 Å². The largest absolute Gasteiger partial charge is 0.316 e. The fraction of sp³-hybridized carbons (Fsp3) is 0.333. The summed E-state index contributed by atoms with van der Waals surface area (Å²) in [5.74, 6) is -0.243. The van der Waals surface area contributed by atoms with Gasteiger partial charge < -0.3 is 5.32 Å². The number of hydrogen-bond donors (Lipinski definition) is 1. The molecule has 0 unspecified atom stereocenters. The molecular weight excluding hydrogens is 177 g/mol. The Balaban J connectivity index is 3.04. The Hall–Kier alpha value is -0.600. The van der Waals surface area contributed by atoms with Gasteiger partial charge in [-0.05, 0) is 31.7 Å². The van der Waals surface area contributed by atoms with Gasteiger partial charge in [-0.25, -0.2) is 4.39 Å². The highest BCUT2D eigenvalue weighted by molar-refractivity contribution is 6.31. The predicted molar refractivity (Wildman–Crippen MR) is 48.9 cm³/mol. The van der Waals surface area contributed by atoms with Crippen molar-refractivity contribution in [3.05, 3.63) is 34.1 Å². The Labute approximate surface area is 76.5 Å². The molecule has 1 aromatic carbocycles. The highest BCUT2D eigenvalue weighted by Gasteiger charge is 2.03. The summed E-state index contributed by atoms with van der Waals surface area (Å²) in [6, 6.07) is 3.27. The maximum absolute atomic E-state index is 13.1. The summed E-state index contributed by atoms with van der Waals surface area (Å²) >= 11 is 5.79. The first-order valence-electron chi connectivity index (χ1n) is 3.74. The van der Waals surface area contributed by atoms with Gasteiger partial charge in [0.25, 0.3) is 0 Å². The molecule has 1 N–H and O–H groups in total. The molecule has 12 heavy (non-hydrogen) atoms. The average Bonchev–Trinajstić information content (AvgIpc) is 2.01. The number of nitrogens with one attached hydrogen (secondary N) is 1. The van der Waals surface area contributed by atoms with Crippen LogP contribution in [0.1, 0.15) is 11.1 Å². The molecule has 0 saturated carbocycles. The van der Waals surface area contributed by atoms with Crippen molar-refractivity contribution in [2.24, 2.45) is 0 Å². The number of halogens is 2. The minimum atomic E-state index is -0.243. The summed E-state index contributed by atoms with van der Waals surface area (Å²) in [6.07, 6.45) is 0. The molecule has 3 heteroatoms. The van der Waals surface area contributed by atoms with Gasteiger partial charge in [0.1, 0.15) is 5.82 Å². The Bertz CT molecular complexity index is 263. The summed E-state index contributed by atoms with van der Waals surface area (Å²) in [4.78, 5) is 0. The Morgan fingerprint density at radius 1 is 1.50 bits per heavy atom. The zero-order valence-electron chi connectivity index (χ0n) is 7.12. The molecule has 0 fully saturated rings. The van der Waals surface area contributed by atoms with Gasteiger partial charge in [-0.2, -0.15) is 0 Å². The Kier molecular flexibility index (Phi) is 3.06. The maximum atomic E-state index is 13.1. The summed E-state index contributed by atoms with van der Waals surface area (Å²) in [6.45, 7) is 2.30. The standard InChI is InChI=1S/C9H11ClFN/c1-6-8(10)3-7(5-12-2)4-9(6)11/h3-4,12H,5H2,1-2H3. The first kappa shape index (κ1) is 9.49. The lowest BCUT2D eigenvalue weighted by Gasteiger charge is -2.04. The molecule has 0 radical (unpaired) electrons. The van der Waals surface area contributed by atoms with E-state index in [4.69, 9.17) is 11.6 Å². The third kappa shape index (κ3) is 1.96. The van der Waals surface area contributed by atoms with Gasteiger partial charge in [0, 0.05) is 17.1 Å². The summed E-state index contributed by atoms with van der Waals surface area (Å²) < 4.78 is 13.1. The Morgan fingerprint density at radius 3 is 2.67 bits per heavy atom. The van der Waals surface area contributed by atoms with E-state index < -0.39 is 0 Å². The average molecular weight is 188 g/mol. The first-order valence-corrected chi connectivity index (χ1v) is 4.12. The SMILES string of the molecule is CNCc1cc(F)c(C)c(Cl)c1. The van der Waals surface area contributed by atoms with Gasteiger partial charge >= 0.3 is 0 Å². The van der Waals surface area contributed by atoms with E-state index in [9.17, 15) is 4.39 Å². The fourth-order valence-electron chi connectivity index (χ4n) is 1.00. The highest BCUT2D eigenvalue weighted by Crippen LogP contribution is 2.20. The third-order valence-electron chi connectivity index (χ3n) is 1.72. The molecule has 0 aliphatic heterocycles. The van der Waals surface area contributed by atoms with Crippen molar-refractivity contribution >= 4 is 11.6 Å². The van der Waals surface area contributed by atoms with E-state index in [1.165, 1.54) is 6.07 Å². The highest BCUT2D eigenvalue weighted by atomic mass is 35.5. The molecule has 0 bridgehead atoms. The van der Waals surface area contributed by atoms with Crippen LogP contribution in [-0.2, 0) is 6.54 Å². The van der Waals surface area contributed by atoms with Crippen molar-refractivity contribution in [2.45, 2.75) is 13.5 Å². The van der Waals surface area contributed by atoms with Crippen molar-refractivity contribution in [3.63, 3.8) is 0 Å². The third-order valence-corrected chi connectivity index (χ3v) is 2.11. The van der Waals surface area contributed by atoms with Crippen LogP contribution in [0.3, 0.4) is 0 Å². The molecule has 0 amide bonds. The van der Waals surface area contributed by atoms with Crippen LogP contribution in [0.15, 0.2) is 12.1 Å². The predicted octanol–water partition coefficient (Wildman–Crippen LogP) is 2.51. The summed E-state index contributed by atoms with van der Waals surface area (Å²) in [5, 5.41) is 3.42. The number of hydrogen-bond acceptors (Lipinski definition) is 1. The van der Waals surface area contributed by atoms with Gasteiger partial charge in [0.2, 0.25) is 0 Å². The van der Waals surface area contributed by atoms with Gasteiger partial charge in [0.15, 0.2) is 0 Å². The summed E-state index contributed by atoms with van der Waals surface area (Å²) in [7, 11) is 1.81. The van der Waals surface area contributed by atoms with Crippen molar-refractivity contribution in [2.75, 3.05) is 7.05 Å². The second-order valence-corrected chi connectivity index (χ2v) is 3.12. The van der Waals surface area contributed by atoms with Crippen molar-refractivity contribution < 1.29 is 4.39 Å². The number of rotatable bonds is 2. The van der Waals surface area contributed by atoms with E-state index in [1.54, 1.807) is 13.0 Å². The second kappa shape index (κ2) is 3.87. The molecule has 0 atom stereocenters. The molecule has 0 aliphatic carbocycles. The molecule has 0 heterocycles. The quantitative estimate of drug-likeness (QED) is 0.750. The van der Waals surface area contributed by atoms with Crippen LogP contribution in [0, 0.1) is 12.7 Å². The molecule has 0 spiro atoms. The molecule has 1 aromatic rings. The molecule has 66 valence electrons. The monoisotopic (exact) mass is 187 g/mol. The maximum Gasteiger partial charge on any atom is 0.127 e. The van der Waals surface area contributed by atoms with Crippen LogP contribution in [-0.4, -0.2) is 7.05 Å². The van der Waals surface area contributed by atoms with E-state index in [1.807, 2.05) is 7.05 Å². The van der Waals surface area contributed by atoms with Crippen molar-refractivity contribution in [1.82, 2.24) is 5.32 Å². The zero-order chi connectivity index (χ0) is 9.14. The molecule has 0 saturated heterocycles. The lowest BCUT2D eigenvalue weighted by Crippen LogP contribution is -2.05. The van der Waals surface area contributed by atoms with Crippen LogP contribution in [0.5, 0.6) is 0 Å². The van der Waals surface area contributed by atoms with Gasteiger partial charge in [-0.3, -0.25) is 0 Å². The van der Waals surface area contributed by atoms with E-state index in [-0.39, 0.29) is 5.82 Å². The van der Waals surface area contributed by atoms with E-state index >= 15 is 0 Å². The van der Waals surface area contributed by atoms with Gasteiger partial charge in [-0.15, -0.1) is 0 Å². The molecule has 1 rings (SSSR count). The molecule has 1 nitrogen and oxygen atoms in total. The van der Waals surface area contributed by atoms with Crippen LogP contribution in [0.25, 0.3) is 0 Å². The summed E-state index contributed by atoms with van der Waals surface area (Å²) in [5.41, 5.74) is 1.38. The zero-order valence-corrected chi connectivity index (χ0v) is 7.87. The van der Waals surface area contributed by atoms with Gasteiger partial charge in [-0.1, -0.05) is 11.6 Å². The Morgan fingerprint density at radius 2 is 2.17 bits per heavy atom. The van der Waals surface area contributed by atoms with Crippen molar-refractivity contribution in [1.29, 1.82) is 0 Å². The van der Waals surface area contributed by atoms with E-state index in [0.717, 1.165) is 5.56 Å². The lowest BCUT2D eigenvalue weighted by atomic mass is 10.1. The topological polar surface area (TPSA) is 12.0 Å². The van der Waals surface area contributed by atoms with E-state index in [0.29, 0.717) is 17.1 Å². The van der Waals surface area contributed by atoms with E-state index in [2.05, 4.69) is 5.32 Å². The van der Waals surface area contributed by atoms with Gasteiger partial charge in [0.05, 0.1) is 0 Å². The van der Waals surface area contributed by atoms with Crippen LogP contribution < -0.4 is 5.32 Å². The number of benzene rings is 1. The first-order chi connectivity index (χ1) is 5.65. The molecule has 0 aliphatic rings.